The Morgan fingerprint density at radius 2 is 1.66 bits per heavy atom. The van der Waals surface area contributed by atoms with Gasteiger partial charge in [-0.05, 0) is 93.0 Å². The number of esters is 1. The number of aliphatic hydroxyl groups excluding tert-OH is 3. The van der Waals surface area contributed by atoms with Gasteiger partial charge in [0.15, 0.2) is 12.6 Å². The molecule has 0 radical (unpaired) electrons. The van der Waals surface area contributed by atoms with Crippen molar-refractivity contribution in [3.63, 3.8) is 0 Å². The van der Waals surface area contributed by atoms with Crippen LogP contribution in [-0.2, 0) is 46.2 Å². The van der Waals surface area contributed by atoms with Crippen molar-refractivity contribution in [3.8, 4) is 5.75 Å². The number of aromatic nitrogens is 3. The molecule has 18 atom stereocenters. The molecule has 0 spiro atoms. The van der Waals surface area contributed by atoms with Gasteiger partial charge in [-0.25, -0.2) is 0 Å². The average molecular weight is 993 g/mol. The Balaban J connectivity index is 1.33. The number of benzene rings is 1. The summed E-state index contributed by atoms with van der Waals surface area (Å²) in [5.74, 6) is -1.79. The van der Waals surface area contributed by atoms with Crippen molar-refractivity contribution in [1.29, 1.82) is 0 Å². The fourth-order valence-electron chi connectivity index (χ4n) is 10.4. The molecule has 70 heavy (non-hydrogen) atoms. The van der Waals surface area contributed by atoms with E-state index in [2.05, 4.69) is 22.3 Å². The molecule has 0 unspecified atom stereocenters. The molecule has 1 aromatic heterocycles. The van der Waals surface area contributed by atoms with Crippen molar-refractivity contribution in [3.05, 3.63) is 46.3 Å². The van der Waals surface area contributed by atoms with Gasteiger partial charge in [0.25, 0.3) is 5.69 Å². The number of likely N-dealkylation sites (N-methyl/N-ethyl adjacent to an activating group) is 2. The van der Waals surface area contributed by atoms with Gasteiger partial charge in [-0.2, -0.15) is 0 Å². The second-order valence-corrected chi connectivity index (χ2v) is 21.2. The van der Waals surface area contributed by atoms with E-state index in [0.717, 1.165) is 12.1 Å². The maximum atomic E-state index is 14.4. The standard InChI is InChI=1S/C50H84N6O14/c1-14-41-50(10,61)46(58)34(7)54(12)25-29(2)21-40(57)45(32(5)44(33(6)48(60)68-41)70-43-24-49(9,64-13)47(59)35(8)67-43)69-42-23-38(22-31(4)66-42)53(11)20-19-36-27-55(52-51-36)26-30(3)28-65-39-17-15-37(16-18-39)56(62)63/h15-18,27,29-35,38,40-47,57-59,61H,14,19-26,28H2,1-13H3/t29-,30+,31-,32+,33-,34-,35+,38+,40-,41-,42+,43+,44+,45-,46-,47+,49-,50-/m1/s1. The molecule has 2 aromatic rings. The fourth-order valence-corrected chi connectivity index (χ4v) is 10.4. The van der Waals surface area contributed by atoms with Crippen LogP contribution in [0.1, 0.15) is 107 Å². The number of ether oxygens (including phenoxy) is 7. The predicted octanol–water partition coefficient (Wildman–Crippen LogP) is 4.37. The van der Waals surface area contributed by atoms with Gasteiger partial charge in [-0.3, -0.25) is 19.6 Å². The van der Waals surface area contributed by atoms with Crippen LogP contribution in [0.25, 0.3) is 0 Å². The monoisotopic (exact) mass is 993 g/mol. The first-order valence-corrected chi connectivity index (χ1v) is 25.2. The lowest BCUT2D eigenvalue weighted by molar-refractivity contribution is -0.384. The van der Waals surface area contributed by atoms with Crippen LogP contribution in [0.4, 0.5) is 5.69 Å². The van der Waals surface area contributed by atoms with Crippen LogP contribution in [0.2, 0.25) is 0 Å². The molecule has 0 saturated carbocycles. The number of rotatable bonds is 16. The molecule has 3 aliphatic heterocycles. The summed E-state index contributed by atoms with van der Waals surface area (Å²) in [5.41, 5.74) is -1.99. The topological polar surface area (TPSA) is 243 Å². The molecule has 398 valence electrons. The third-order valence-electron chi connectivity index (χ3n) is 15.1. The van der Waals surface area contributed by atoms with E-state index in [0.29, 0.717) is 51.3 Å². The van der Waals surface area contributed by atoms with Crippen molar-refractivity contribution in [2.75, 3.05) is 40.9 Å². The Morgan fingerprint density at radius 1 is 0.986 bits per heavy atom. The second kappa shape index (κ2) is 25.0. The van der Waals surface area contributed by atoms with E-state index in [1.54, 1.807) is 44.5 Å². The van der Waals surface area contributed by atoms with Crippen LogP contribution >= 0.6 is 0 Å². The van der Waals surface area contributed by atoms with Crippen LogP contribution in [0.15, 0.2) is 30.5 Å². The predicted molar refractivity (Wildman–Crippen MR) is 259 cm³/mol. The minimum atomic E-state index is -1.81. The van der Waals surface area contributed by atoms with Crippen molar-refractivity contribution in [2.45, 2.75) is 199 Å². The molecule has 20 heteroatoms. The van der Waals surface area contributed by atoms with Gasteiger partial charge < -0.3 is 63.4 Å². The van der Waals surface area contributed by atoms with Crippen molar-refractivity contribution in [2.24, 2.45) is 23.7 Å². The van der Waals surface area contributed by atoms with Crippen LogP contribution in [0.3, 0.4) is 0 Å². The first-order chi connectivity index (χ1) is 32.9. The molecule has 4 N–H and O–H groups in total. The molecule has 1 aromatic carbocycles. The number of aliphatic hydroxyl groups is 4. The van der Waals surface area contributed by atoms with E-state index in [9.17, 15) is 35.3 Å². The number of carbonyl (C=O) groups excluding carboxylic acids is 1. The number of hydrogen-bond acceptors (Lipinski definition) is 18. The number of nitro groups is 1. The molecule has 3 fully saturated rings. The summed E-state index contributed by atoms with van der Waals surface area (Å²) < 4.78 is 46.0. The highest BCUT2D eigenvalue weighted by Gasteiger charge is 2.50. The van der Waals surface area contributed by atoms with E-state index in [1.807, 2.05) is 52.8 Å². The Labute approximate surface area is 414 Å². The maximum absolute atomic E-state index is 14.4. The number of hydrogen-bond donors (Lipinski definition) is 4. The number of carbonyl (C=O) groups is 1. The zero-order valence-electron chi connectivity index (χ0n) is 43.8. The van der Waals surface area contributed by atoms with Crippen LogP contribution in [-0.4, -0.2) is 182 Å². The van der Waals surface area contributed by atoms with Crippen molar-refractivity contribution in [1.82, 2.24) is 24.8 Å². The summed E-state index contributed by atoms with van der Waals surface area (Å²) in [6, 6.07) is 5.52. The van der Waals surface area contributed by atoms with Crippen LogP contribution in [0.5, 0.6) is 5.75 Å². The Hall–Kier alpha value is -3.41. The van der Waals surface area contributed by atoms with Gasteiger partial charge in [0, 0.05) is 88.3 Å². The number of methoxy groups -OCH3 is 1. The lowest BCUT2D eigenvalue weighted by atomic mass is 9.83. The van der Waals surface area contributed by atoms with Gasteiger partial charge in [0.2, 0.25) is 0 Å². The van der Waals surface area contributed by atoms with Crippen LogP contribution in [0, 0.1) is 33.8 Å². The van der Waals surface area contributed by atoms with Gasteiger partial charge in [-0.15, -0.1) is 5.10 Å². The van der Waals surface area contributed by atoms with Gasteiger partial charge in [0.1, 0.15) is 29.7 Å². The first kappa shape index (κ1) is 57.5. The molecule has 5 rings (SSSR count). The highest BCUT2D eigenvalue weighted by molar-refractivity contribution is 5.73. The molecular formula is C50H84N6O14. The Bertz CT molecular complexity index is 1940. The largest absolute Gasteiger partial charge is 0.493 e. The summed E-state index contributed by atoms with van der Waals surface area (Å²) >= 11 is 0. The zero-order chi connectivity index (χ0) is 51.8. The average Bonchev–Trinajstić information content (AvgIpc) is 3.76. The van der Waals surface area contributed by atoms with Crippen molar-refractivity contribution < 1.29 is 63.3 Å². The SMILES string of the molecule is CC[C@H]1OC(=O)[C@H](C)[C@@H](O[C@H]2C[C@@](C)(OC)[C@@H](O)[C@H](C)O2)[C@H](C)[C@@H](O[C@H]2C[C@@H](N(C)CCc3cn(C[C@H](C)COc4ccc([N+](=O)[O-])cc4)nn3)C[C@@H](C)O2)[C@H](O)C[C@@H](C)CN(C)[C@H](C)[C@@H](O)[C@]1(C)O. The van der Waals surface area contributed by atoms with E-state index in [1.165, 1.54) is 26.2 Å². The molecule has 0 amide bonds. The molecule has 0 aliphatic carbocycles. The maximum Gasteiger partial charge on any atom is 0.311 e. The highest BCUT2D eigenvalue weighted by Crippen LogP contribution is 2.38. The minimum Gasteiger partial charge on any atom is -0.493 e. The first-order valence-electron chi connectivity index (χ1n) is 25.2. The number of nitro benzene ring substituents is 1. The van der Waals surface area contributed by atoms with Gasteiger partial charge >= 0.3 is 5.97 Å². The van der Waals surface area contributed by atoms with Crippen molar-refractivity contribution >= 4 is 11.7 Å². The molecule has 4 heterocycles. The van der Waals surface area contributed by atoms with E-state index in [-0.39, 0.29) is 42.5 Å². The summed E-state index contributed by atoms with van der Waals surface area (Å²) in [7, 11) is 5.44. The Kier molecular flexibility index (Phi) is 20.5. The number of non-ortho nitro benzene ring substituents is 1. The second-order valence-electron chi connectivity index (χ2n) is 21.2. The smallest absolute Gasteiger partial charge is 0.311 e. The number of nitrogens with zero attached hydrogens (tertiary/aromatic N) is 6. The molecule has 0 bridgehead atoms. The van der Waals surface area contributed by atoms with E-state index < -0.39 is 95.3 Å². The third kappa shape index (κ3) is 14.6. The quantitative estimate of drug-likeness (QED) is 0.104. The van der Waals surface area contributed by atoms with E-state index >= 15 is 0 Å². The molecular weight excluding hydrogens is 909 g/mol. The summed E-state index contributed by atoms with van der Waals surface area (Å²) in [4.78, 5) is 29.1. The molecule has 3 saturated heterocycles. The van der Waals surface area contributed by atoms with Gasteiger partial charge in [-0.1, -0.05) is 32.9 Å². The third-order valence-corrected chi connectivity index (χ3v) is 15.1. The van der Waals surface area contributed by atoms with E-state index in [4.69, 9.17) is 33.2 Å². The fraction of sp³-hybridized carbons (Fsp3) is 0.820. The summed E-state index contributed by atoms with van der Waals surface area (Å²) in [5, 5.41) is 66.6. The zero-order valence-corrected chi connectivity index (χ0v) is 43.8. The molecule has 20 nitrogen and oxygen atoms in total. The summed E-state index contributed by atoms with van der Waals surface area (Å²) in [6.07, 6.45) is -4.29. The lowest BCUT2D eigenvalue weighted by Gasteiger charge is -2.47. The highest BCUT2D eigenvalue weighted by atomic mass is 16.7. The summed E-state index contributed by atoms with van der Waals surface area (Å²) in [6.45, 7) is 20.3. The van der Waals surface area contributed by atoms with Crippen LogP contribution < -0.4 is 4.74 Å². The normalized spacial score (nSPS) is 38.1. The lowest BCUT2D eigenvalue weighted by Crippen LogP contribution is -2.59. The number of cyclic esters (lactones) is 1. The Morgan fingerprint density at radius 3 is 2.30 bits per heavy atom. The minimum absolute atomic E-state index is 0.00750. The van der Waals surface area contributed by atoms with Gasteiger partial charge in [0.05, 0.1) is 59.3 Å². The molecule has 3 aliphatic rings.